The molecule has 1 aliphatic rings. The first kappa shape index (κ1) is 22.0. The van der Waals surface area contributed by atoms with E-state index in [1.54, 1.807) is 16.7 Å². The van der Waals surface area contributed by atoms with Crippen LogP contribution in [-0.4, -0.2) is 56.2 Å². The first-order valence-corrected chi connectivity index (χ1v) is 11.2. The van der Waals surface area contributed by atoms with Gasteiger partial charge in [-0.1, -0.05) is 18.5 Å². The van der Waals surface area contributed by atoms with Crippen LogP contribution in [0.4, 0.5) is 10.1 Å². The molecule has 1 fully saturated rings. The topological polar surface area (TPSA) is 86.8 Å². The van der Waals surface area contributed by atoms with E-state index in [0.717, 1.165) is 18.2 Å². The average Bonchev–Trinajstić information content (AvgIpc) is 2.75. The highest BCUT2D eigenvalue weighted by molar-refractivity contribution is 7.92. The zero-order valence-electron chi connectivity index (χ0n) is 16.3. The average molecular weight is 454 g/mol. The van der Waals surface area contributed by atoms with Crippen LogP contribution in [0.5, 0.6) is 0 Å². The van der Waals surface area contributed by atoms with Crippen LogP contribution in [0.15, 0.2) is 47.4 Å². The Morgan fingerprint density at radius 1 is 1.03 bits per heavy atom. The van der Waals surface area contributed by atoms with Gasteiger partial charge in [0.1, 0.15) is 5.82 Å². The first-order chi connectivity index (χ1) is 14.2. The molecule has 0 aromatic heterocycles. The summed E-state index contributed by atoms with van der Waals surface area (Å²) in [6, 6.07) is 9.14. The molecule has 7 nitrogen and oxygen atoms in total. The third-order valence-corrected chi connectivity index (χ3v) is 6.48. The second kappa shape index (κ2) is 9.01. The number of piperazine rings is 1. The summed E-state index contributed by atoms with van der Waals surface area (Å²) < 4.78 is 40.5. The number of nitrogens with zero attached hydrogens (tertiary/aromatic N) is 2. The molecule has 0 atom stereocenters. The Balaban J connectivity index is 1.65. The molecule has 1 saturated heterocycles. The number of amides is 2. The summed E-state index contributed by atoms with van der Waals surface area (Å²) >= 11 is 5.66. The molecule has 1 N–H and O–H groups in total. The summed E-state index contributed by atoms with van der Waals surface area (Å²) in [6.07, 6.45) is 0.440. The zero-order chi connectivity index (χ0) is 21.9. The van der Waals surface area contributed by atoms with Crippen LogP contribution in [0.3, 0.4) is 0 Å². The van der Waals surface area contributed by atoms with Crippen LogP contribution in [0.2, 0.25) is 5.02 Å². The van der Waals surface area contributed by atoms with Gasteiger partial charge in [-0.15, -0.1) is 0 Å². The van der Waals surface area contributed by atoms with Crippen molar-refractivity contribution >= 4 is 39.1 Å². The highest BCUT2D eigenvalue weighted by Crippen LogP contribution is 2.22. The largest absolute Gasteiger partial charge is 0.339 e. The summed E-state index contributed by atoms with van der Waals surface area (Å²) in [5.41, 5.74) is 0.670. The Kier molecular flexibility index (Phi) is 6.62. The summed E-state index contributed by atoms with van der Waals surface area (Å²) in [4.78, 5) is 27.6. The number of anilines is 1. The van der Waals surface area contributed by atoms with Crippen LogP contribution in [0, 0.1) is 5.82 Å². The predicted molar refractivity (Wildman–Crippen MR) is 111 cm³/mol. The normalized spacial score (nSPS) is 14.5. The Morgan fingerprint density at radius 2 is 1.63 bits per heavy atom. The van der Waals surface area contributed by atoms with E-state index in [4.69, 9.17) is 11.6 Å². The summed E-state index contributed by atoms with van der Waals surface area (Å²) in [5, 5.41) is -0.292. The van der Waals surface area contributed by atoms with Crippen molar-refractivity contribution in [1.29, 1.82) is 0 Å². The maximum Gasteiger partial charge on any atom is 0.261 e. The lowest BCUT2D eigenvalue weighted by molar-refractivity contribution is -0.132. The molecule has 30 heavy (non-hydrogen) atoms. The van der Waals surface area contributed by atoms with Gasteiger partial charge in [0.05, 0.1) is 9.92 Å². The SMILES string of the molecule is CCC(=O)N1CCN(C(=O)c2ccc(NS(=O)(=O)c3ccc(F)c(Cl)c3)cc2)CC1. The smallest absolute Gasteiger partial charge is 0.261 e. The lowest BCUT2D eigenvalue weighted by atomic mass is 10.1. The van der Waals surface area contributed by atoms with Gasteiger partial charge in [0.15, 0.2) is 0 Å². The predicted octanol–water partition coefficient (Wildman–Crippen LogP) is 2.97. The second-order valence-electron chi connectivity index (χ2n) is 6.79. The molecular weight excluding hydrogens is 433 g/mol. The number of halogens is 2. The molecule has 0 radical (unpaired) electrons. The van der Waals surface area contributed by atoms with Gasteiger partial charge in [-0.2, -0.15) is 0 Å². The number of benzene rings is 2. The molecule has 3 rings (SSSR count). The number of hydrogen-bond donors (Lipinski definition) is 1. The van der Waals surface area contributed by atoms with Crippen LogP contribution in [0.25, 0.3) is 0 Å². The van der Waals surface area contributed by atoms with E-state index in [0.29, 0.717) is 38.2 Å². The van der Waals surface area contributed by atoms with Crippen molar-refractivity contribution in [2.45, 2.75) is 18.2 Å². The van der Waals surface area contributed by atoms with Gasteiger partial charge in [-0.3, -0.25) is 14.3 Å². The minimum absolute atomic E-state index is 0.0705. The third kappa shape index (κ3) is 4.91. The molecule has 10 heteroatoms. The van der Waals surface area contributed by atoms with Crippen molar-refractivity contribution in [3.05, 3.63) is 58.9 Å². The second-order valence-corrected chi connectivity index (χ2v) is 8.87. The fourth-order valence-electron chi connectivity index (χ4n) is 3.10. The van der Waals surface area contributed by atoms with Gasteiger partial charge in [0.25, 0.3) is 15.9 Å². The Morgan fingerprint density at radius 3 is 2.20 bits per heavy atom. The molecular formula is C20H21ClFN3O4S. The number of carbonyl (C=O) groups is 2. The summed E-state index contributed by atoms with van der Waals surface area (Å²) in [6.45, 7) is 3.70. The van der Waals surface area contributed by atoms with E-state index in [2.05, 4.69) is 4.72 Å². The van der Waals surface area contributed by atoms with Crippen LogP contribution in [0.1, 0.15) is 23.7 Å². The molecule has 0 unspecified atom stereocenters. The van der Waals surface area contributed by atoms with E-state index < -0.39 is 15.8 Å². The Labute approximate surface area is 179 Å². The maximum atomic E-state index is 13.3. The standard InChI is InChI=1S/C20H21ClFN3O4S/c1-2-19(26)24-9-11-25(12-10-24)20(27)14-3-5-15(6-4-14)23-30(28,29)16-7-8-18(22)17(21)13-16/h3-8,13,23H,2,9-12H2,1H3. The fraction of sp³-hybridized carbons (Fsp3) is 0.300. The van der Waals surface area contributed by atoms with E-state index >= 15 is 0 Å². The maximum absolute atomic E-state index is 13.3. The van der Waals surface area contributed by atoms with Crippen molar-refractivity contribution in [2.75, 3.05) is 30.9 Å². The molecule has 2 aromatic carbocycles. The Hall–Kier alpha value is -2.65. The van der Waals surface area contributed by atoms with Crippen molar-refractivity contribution in [3.8, 4) is 0 Å². The minimum atomic E-state index is -3.96. The summed E-state index contributed by atoms with van der Waals surface area (Å²) in [7, 11) is -3.96. The van der Waals surface area contributed by atoms with Gasteiger partial charge in [-0.25, -0.2) is 12.8 Å². The molecule has 2 amide bonds. The molecule has 0 spiro atoms. The lowest BCUT2D eigenvalue weighted by Crippen LogP contribution is -2.50. The Bertz CT molecular complexity index is 1050. The lowest BCUT2D eigenvalue weighted by Gasteiger charge is -2.34. The molecule has 1 heterocycles. The third-order valence-electron chi connectivity index (χ3n) is 4.81. The van der Waals surface area contributed by atoms with Crippen LogP contribution >= 0.6 is 11.6 Å². The van der Waals surface area contributed by atoms with Crippen molar-refractivity contribution in [2.24, 2.45) is 0 Å². The number of sulfonamides is 1. The van der Waals surface area contributed by atoms with Crippen molar-refractivity contribution in [3.63, 3.8) is 0 Å². The van der Waals surface area contributed by atoms with E-state index in [9.17, 15) is 22.4 Å². The molecule has 1 aliphatic heterocycles. The zero-order valence-corrected chi connectivity index (χ0v) is 17.8. The quantitative estimate of drug-likeness (QED) is 0.754. The number of hydrogen-bond acceptors (Lipinski definition) is 4. The molecule has 0 saturated carbocycles. The van der Waals surface area contributed by atoms with Crippen LogP contribution < -0.4 is 4.72 Å². The van der Waals surface area contributed by atoms with Gasteiger partial charge in [-0.05, 0) is 42.5 Å². The van der Waals surface area contributed by atoms with Crippen LogP contribution in [-0.2, 0) is 14.8 Å². The first-order valence-electron chi connectivity index (χ1n) is 9.36. The van der Waals surface area contributed by atoms with E-state index in [1.807, 2.05) is 0 Å². The minimum Gasteiger partial charge on any atom is -0.339 e. The number of nitrogens with one attached hydrogen (secondary N) is 1. The molecule has 160 valence electrons. The van der Waals surface area contributed by atoms with Crippen molar-refractivity contribution < 1.29 is 22.4 Å². The highest BCUT2D eigenvalue weighted by Gasteiger charge is 2.24. The number of rotatable bonds is 5. The highest BCUT2D eigenvalue weighted by atomic mass is 35.5. The van der Waals surface area contributed by atoms with Crippen molar-refractivity contribution in [1.82, 2.24) is 9.80 Å². The monoisotopic (exact) mass is 453 g/mol. The summed E-state index contributed by atoms with van der Waals surface area (Å²) in [5.74, 6) is -0.821. The molecule has 0 aliphatic carbocycles. The molecule has 2 aromatic rings. The van der Waals surface area contributed by atoms with E-state index in [1.165, 1.54) is 24.3 Å². The van der Waals surface area contributed by atoms with Gasteiger partial charge >= 0.3 is 0 Å². The van der Waals surface area contributed by atoms with Gasteiger partial charge < -0.3 is 9.80 Å². The fourth-order valence-corrected chi connectivity index (χ4v) is 4.43. The van der Waals surface area contributed by atoms with E-state index in [-0.39, 0.29) is 27.4 Å². The number of carbonyl (C=O) groups excluding carboxylic acids is 2. The molecule has 0 bridgehead atoms. The van der Waals surface area contributed by atoms with Gasteiger partial charge in [0.2, 0.25) is 5.91 Å². The van der Waals surface area contributed by atoms with Gasteiger partial charge in [0, 0.05) is 43.9 Å².